The van der Waals surface area contributed by atoms with Crippen LogP contribution in [-0.4, -0.2) is 47.8 Å². The highest BCUT2D eigenvalue weighted by atomic mass is 19.1. The second-order valence-electron chi connectivity index (χ2n) is 7.78. The van der Waals surface area contributed by atoms with E-state index in [1.54, 1.807) is 12.1 Å². The quantitative estimate of drug-likeness (QED) is 0.832. The topological polar surface area (TPSA) is 61.8 Å². The largest absolute Gasteiger partial charge is 0.488 e. The van der Waals surface area contributed by atoms with Crippen LogP contribution in [0.15, 0.2) is 54.6 Å². The minimum absolute atomic E-state index is 0.0236. The summed E-state index contributed by atoms with van der Waals surface area (Å²) in [5.74, 6) is 0.994. The van der Waals surface area contributed by atoms with E-state index in [0.717, 1.165) is 25.2 Å². The highest BCUT2D eigenvalue weighted by molar-refractivity contribution is 5.92. The van der Waals surface area contributed by atoms with Crippen molar-refractivity contribution in [3.63, 3.8) is 0 Å². The summed E-state index contributed by atoms with van der Waals surface area (Å²) in [6, 6.07) is 15.3. The van der Waals surface area contributed by atoms with Crippen LogP contribution in [0.3, 0.4) is 0 Å². The van der Waals surface area contributed by atoms with Crippen molar-refractivity contribution in [2.24, 2.45) is 11.8 Å². The van der Waals surface area contributed by atoms with Gasteiger partial charge in [-0.1, -0.05) is 18.2 Å². The number of carbonyl (C=O) groups is 1. The summed E-state index contributed by atoms with van der Waals surface area (Å²) in [5, 5.41) is 13.4. The first-order valence-electron chi connectivity index (χ1n) is 9.74. The summed E-state index contributed by atoms with van der Waals surface area (Å²) >= 11 is 0. The Morgan fingerprint density at radius 1 is 1.07 bits per heavy atom. The van der Waals surface area contributed by atoms with Crippen LogP contribution in [0.4, 0.5) is 10.1 Å². The van der Waals surface area contributed by atoms with Gasteiger partial charge in [0.15, 0.2) is 0 Å². The minimum Gasteiger partial charge on any atom is -0.488 e. The third-order valence-corrected chi connectivity index (χ3v) is 5.69. The number of aliphatic hydroxyl groups excluding tert-OH is 1. The Kier molecular flexibility index (Phi) is 5.59. The van der Waals surface area contributed by atoms with Crippen LogP contribution in [0.25, 0.3) is 0 Å². The molecule has 6 heteroatoms. The molecule has 5 nitrogen and oxygen atoms in total. The third-order valence-electron chi connectivity index (χ3n) is 5.69. The van der Waals surface area contributed by atoms with Gasteiger partial charge in [0.25, 0.3) is 0 Å². The van der Waals surface area contributed by atoms with Crippen LogP contribution >= 0.6 is 0 Å². The van der Waals surface area contributed by atoms with E-state index in [0.29, 0.717) is 30.6 Å². The Bertz CT molecular complexity index is 799. The number of anilines is 1. The molecule has 1 aliphatic heterocycles. The summed E-state index contributed by atoms with van der Waals surface area (Å²) < 4.78 is 19.0. The smallest absolute Gasteiger partial charge is 0.238 e. The number of benzene rings is 2. The molecule has 0 aromatic heterocycles. The van der Waals surface area contributed by atoms with Gasteiger partial charge < -0.3 is 15.2 Å². The van der Waals surface area contributed by atoms with Crippen LogP contribution in [0.2, 0.25) is 0 Å². The van der Waals surface area contributed by atoms with Gasteiger partial charge in [0.1, 0.15) is 17.7 Å². The van der Waals surface area contributed by atoms with Crippen molar-refractivity contribution in [3.8, 4) is 5.75 Å². The van der Waals surface area contributed by atoms with E-state index in [-0.39, 0.29) is 17.8 Å². The lowest BCUT2D eigenvalue weighted by Gasteiger charge is -2.35. The zero-order chi connectivity index (χ0) is 19.5. The second-order valence-corrected chi connectivity index (χ2v) is 7.78. The van der Waals surface area contributed by atoms with Crippen molar-refractivity contribution in [2.45, 2.75) is 25.0 Å². The lowest BCUT2D eigenvalue weighted by Crippen LogP contribution is -2.42. The van der Waals surface area contributed by atoms with E-state index in [9.17, 15) is 14.3 Å². The van der Waals surface area contributed by atoms with Gasteiger partial charge in [-0.25, -0.2) is 4.39 Å². The predicted octanol–water partition coefficient (Wildman–Crippen LogP) is 2.91. The molecule has 1 heterocycles. The molecule has 2 aliphatic rings. The number of hydrogen-bond donors (Lipinski definition) is 2. The average Bonchev–Trinajstić information content (AvgIpc) is 3.05. The first kappa shape index (κ1) is 18.9. The molecule has 2 aromatic rings. The predicted molar refractivity (Wildman–Crippen MR) is 105 cm³/mol. The molecule has 1 aliphatic carbocycles. The molecule has 1 amide bonds. The molecule has 148 valence electrons. The summed E-state index contributed by atoms with van der Waals surface area (Å²) in [6.45, 7) is 1.98. The molecule has 2 fully saturated rings. The van der Waals surface area contributed by atoms with Gasteiger partial charge in [-0.15, -0.1) is 0 Å². The molecule has 0 unspecified atom stereocenters. The molecule has 2 aromatic carbocycles. The van der Waals surface area contributed by atoms with Gasteiger partial charge in [0, 0.05) is 18.8 Å². The lowest BCUT2D eigenvalue weighted by atomic mass is 9.78. The Labute approximate surface area is 164 Å². The van der Waals surface area contributed by atoms with Crippen LogP contribution < -0.4 is 10.1 Å². The molecular formula is C22H25FN2O3. The first-order valence-corrected chi connectivity index (χ1v) is 9.74. The molecule has 0 bridgehead atoms. The second kappa shape index (κ2) is 8.29. The number of nitrogens with zero attached hydrogens (tertiary/aromatic N) is 1. The Morgan fingerprint density at radius 2 is 1.75 bits per heavy atom. The van der Waals surface area contributed by atoms with Gasteiger partial charge in [-0.3, -0.25) is 9.69 Å². The number of hydrogen-bond acceptors (Lipinski definition) is 4. The number of ether oxygens (including phenoxy) is 1. The minimum atomic E-state index is -0.551. The maximum atomic E-state index is 13.1. The van der Waals surface area contributed by atoms with Crippen LogP contribution in [0.5, 0.6) is 5.75 Å². The SMILES string of the molecule is O=C(CN1C[C@H]2C[C@@H](Oc3ccc(F)cc3)[C@H](O)C[C@H]2C1)Nc1ccccc1. The van der Waals surface area contributed by atoms with Crippen LogP contribution in [0, 0.1) is 17.7 Å². The van der Waals surface area contributed by atoms with Gasteiger partial charge >= 0.3 is 0 Å². The molecule has 0 radical (unpaired) electrons. The summed E-state index contributed by atoms with van der Waals surface area (Å²) in [4.78, 5) is 14.5. The van der Waals surface area contributed by atoms with Crippen molar-refractivity contribution in [3.05, 3.63) is 60.4 Å². The van der Waals surface area contributed by atoms with Gasteiger partial charge in [0.05, 0.1) is 12.6 Å². The third kappa shape index (κ3) is 4.51. The zero-order valence-electron chi connectivity index (χ0n) is 15.6. The Morgan fingerprint density at radius 3 is 2.46 bits per heavy atom. The molecule has 1 saturated carbocycles. The van der Waals surface area contributed by atoms with Crippen molar-refractivity contribution in [1.29, 1.82) is 0 Å². The van der Waals surface area contributed by atoms with Gasteiger partial charge in [0.2, 0.25) is 5.91 Å². The normalized spacial score (nSPS) is 27.2. The highest BCUT2D eigenvalue weighted by Crippen LogP contribution is 2.38. The van der Waals surface area contributed by atoms with Crippen LogP contribution in [-0.2, 0) is 4.79 Å². The first-order chi connectivity index (χ1) is 13.6. The molecule has 28 heavy (non-hydrogen) atoms. The van der Waals surface area contributed by atoms with Gasteiger partial charge in [-0.05, 0) is 61.1 Å². The summed E-state index contributed by atoms with van der Waals surface area (Å²) in [5.41, 5.74) is 0.798. The van der Waals surface area contributed by atoms with Gasteiger partial charge in [-0.2, -0.15) is 0 Å². The number of halogens is 1. The molecule has 0 spiro atoms. The number of para-hydroxylation sites is 1. The van der Waals surface area contributed by atoms with Crippen molar-refractivity contribution < 1.29 is 19.0 Å². The molecule has 1 saturated heterocycles. The fourth-order valence-corrected chi connectivity index (χ4v) is 4.36. The van der Waals surface area contributed by atoms with Crippen LogP contribution in [0.1, 0.15) is 12.8 Å². The number of fused-ring (bicyclic) bond motifs is 1. The Balaban J connectivity index is 1.31. The standard InChI is InChI=1S/C22H25FN2O3/c23-17-6-8-19(9-7-17)28-21-11-16-13-25(12-15(16)10-20(21)26)14-22(27)24-18-4-2-1-3-5-18/h1-9,15-16,20-21,26H,10-14H2,(H,24,27)/t15-,16+,20+,21+/m0/s1. The molecule has 2 N–H and O–H groups in total. The molecule has 4 rings (SSSR count). The average molecular weight is 384 g/mol. The van der Waals surface area contributed by atoms with Crippen molar-refractivity contribution in [2.75, 3.05) is 25.0 Å². The van der Waals surface area contributed by atoms with E-state index in [1.807, 2.05) is 30.3 Å². The maximum absolute atomic E-state index is 13.1. The lowest BCUT2D eigenvalue weighted by molar-refractivity contribution is -0.117. The zero-order valence-corrected chi connectivity index (χ0v) is 15.6. The maximum Gasteiger partial charge on any atom is 0.238 e. The fourth-order valence-electron chi connectivity index (χ4n) is 4.36. The number of likely N-dealkylation sites (tertiary alicyclic amines) is 1. The Hall–Kier alpha value is -2.44. The highest BCUT2D eigenvalue weighted by Gasteiger charge is 2.42. The van der Waals surface area contributed by atoms with E-state index in [4.69, 9.17) is 4.74 Å². The fraction of sp³-hybridized carbons (Fsp3) is 0.409. The summed E-state index contributed by atoms with van der Waals surface area (Å²) in [7, 11) is 0. The van der Waals surface area contributed by atoms with E-state index >= 15 is 0 Å². The number of amides is 1. The molecular weight excluding hydrogens is 359 g/mol. The van der Waals surface area contributed by atoms with E-state index < -0.39 is 6.10 Å². The number of rotatable bonds is 5. The van der Waals surface area contributed by atoms with Crippen molar-refractivity contribution in [1.82, 2.24) is 4.90 Å². The van der Waals surface area contributed by atoms with Crippen molar-refractivity contribution >= 4 is 11.6 Å². The molecule has 4 atom stereocenters. The summed E-state index contributed by atoms with van der Waals surface area (Å²) in [6.07, 6.45) is 0.544. The monoisotopic (exact) mass is 384 g/mol. The number of nitrogens with one attached hydrogen (secondary N) is 1. The van der Waals surface area contributed by atoms with E-state index in [1.165, 1.54) is 12.1 Å². The van der Waals surface area contributed by atoms with E-state index in [2.05, 4.69) is 10.2 Å². The number of carbonyl (C=O) groups excluding carboxylic acids is 1. The number of aliphatic hydroxyl groups is 1.